The highest BCUT2D eigenvalue weighted by Crippen LogP contribution is 2.29. The number of halogens is 1. The number of hydrogen-bond donors (Lipinski definition) is 3. The Bertz CT molecular complexity index is 540. The molecule has 1 fully saturated rings. The Kier molecular flexibility index (Phi) is 5.20. The molecule has 0 heterocycles. The number of carbonyl (C=O) groups excluding carboxylic acids is 2. The number of anilines is 1. The molecule has 6 heteroatoms. The third-order valence-electron chi connectivity index (χ3n) is 4.05. The summed E-state index contributed by atoms with van der Waals surface area (Å²) in [5.74, 6) is -0.102. The van der Waals surface area contributed by atoms with Crippen LogP contribution in [0.4, 0.5) is 5.69 Å². The van der Waals surface area contributed by atoms with E-state index in [1.807, 2.05) is 0 Å². The molecule has 1 aromatic carbocycles. The van der Waals surface area contributed by atoms with Gasteiger partial charge >= 0.3 is 0 Å². The Labute approximate surface area is 129 Å². The van der Waals surface area contributed by atoms with Crippen LogP contribution in [0.2, 0.25) is 5.02 Å². The molecule has 0 aromatic heterocycles. The van der Waals surface area contributed by atoms with Gasteiger partial charge in [0.1, 0.15) is 0 Å². The highest BCUT2D eigenvalue weighted by Gasteiger charge is 2.25. The molecule has 1 aromatic rings. The minimum Gasteiger partial charge on any atom is -0.366 e. The van der Waals surface area contributed by atoms with Crippen LogP contribution in [0.1, 0.15) is 36.0 Å². The largest absolute Gasteiger partial charge is 0.366 e. The lowest BCUT2D eigenvalue weighted by molar-refractivity contribution is -0.121. The second kappa shape index (κ2) is 6.91. The fraction of sp³-hybridized carbons (Fsp3) is 0.467. The van der Waals surface area contributed by atoms with Crippen molar-refractivity contribution in [2.75, 3.05) is 11.9 Å². The second-order valence-corrected chi connectivity index (χ2v) is 5.91. The van der Waals surface area contributed by atoms with E-state index >= 15 is 0 Å². The molecule has 21 heavy (non-hydrogen) atoms. The molecule has 0 radical (unpaired) electrons. The van der Waals surface area contributed by atoms with Crippen LogP contribution in [-0.4, -0.2) is 18.4 Å². The van der Waals surface area contributed by atoms with Gasteiger partial charge in [-0.05, 0) is 56.3 Å². The zero-order chi connectivity index (χ0) is 15.4. The third kappa shape index (κ3) is 3.95. The molecule has 5 nitrogen and oxygen atoms in total. The predicted octanol–water partition coefficient (Wildman–Crippen LogP) is 2.14. The van der Waals surface area contributed by atoms with Gasteiger partial charge in [0, 0.05) is 11.6 Å². The number of rotatable bonds is 4. The molecular weight excluding hydrogens is 290 g/mol. The third-order valence-corrected chi connectivity index (χ3v) is 4.38. The Morgan fingerprint density at radius 2 is 1.90 bits per heavy atom. The van der Waals surface area contributed by atoms with Gasteiger partial charge in [0.2, 0.25) is 11.8 Å². The van der Waals surface area contributed by atoms with Gasteiger partial charge in [-0.3, -0.25) is 9.59 Å². The molecule has 5 N–H and O–H groups in total. The average Bonchev–Trinajstić information content (AvgIpc) is 2.49. The zero-order valence-corrected chi connectivity index (χ0v) is 12.5. The van der Waals surface area contributed by atoms with E-state index in [1.54, 1.807) is 12.1 Å². The van der Waals surface area contributed by atoms with Gasteiger partial charge in [0.05, 0.1) is 10.6 Å². The minimum absolute atomic E-state index is 0.000469. The van der Waals surface area contributed by atoms with Crippen molar-refractivity contribution in [1.82, 2.24) is 0 Å². The summed E-state index contributed by atoms with van der Waals surface area (Å²) in [6.07, 6.45) is 3.68. The second-order valence-electron chi connectivity index (χ2n) is 5.50. The highest BCUT2D eigenvalue weighted by atomic mass is 35.5. The van der Waals surface area contributed by atoms with Crippen molar-refractivity contribution in [2.45, 2.75) is 25.7 Å². The topological polar surface area (TPSA) is 98.2 Å². The Morgan fingerprint density at radius 1 is 1.24 bits per heavy atom. The zero-order valence-electron chi connectivity index (χ0n) is 11.8. The van der Waals surface area contributed by atoms with Crippen molar-refractivity contribution >= 4 is 29.1 Å². The predicted molar refractivity (Wildman–Crippen MR) is 83.1 cm³/mol. The van der Waals surface area contributed by atoms with Crippen molar-refractivity contribution in [3.63, 3.8) is 0 Å². The molecular formula is C15H20ClN3O2. The average molecular weight is 310 g/mol. The fourth-order valence-electron chi connectivity index (χ4n) is 2.70. The number of primary amides is 1. The van der Waals surface area contributed by atoms with Gasteiger partial charge in [-0.25, -0.2) is 0 Å². The van der Waals surface area contributed by atoms with Gasteiger partial charge < -0.3 is 16.8 Å². The fourth-order valence-corrected chi connectivity index (χ4v) is 2.91. The number of amides is 2. The molecule has 0 bridgehead atoms. The summed E-state index contributed by atoms with van der Waals surface area (Å²) in [7, 11) is 0. The molecule has 2 amide bonds. The monoisotopic (exact) mass is 309 g/mol. The van der Waals surface area contributed by atoms with E-state index in [9.17, 15) is 9.59 Å². The smallest absolute Gasteiger partial charge is 0.250 e. The summed E-state index contributed by atoms with van der Waals surface area (Å²) in [6, 6.07) is 4.73. The molecule has 0 unspecified atom stereocenters. The van der Waals surface area contributed by atoms with Crippen molar-refractivity contribution in [3.05, 3.63) is 28.8 Å². The van der Waals surface area contributed by atoms with Crippen LogP contribution in [-0.2, 0) is 4.79 Å². The van der Waals surface area contributed by atoms with E-state index in [1.165, 1.54) is 6.07 Å². The van der Waals surface area contributed by atoms with Gasteiger partial charge in [0.15, 0.2) is 0 Å². The number of nitrogens with two attached hydrogens (primary N) is 2. The Balaban J connectivity index is 2.00. The summed E-state index contributed by atoms with van der Waals surface area (Å²) < 4.78 is 0. The van der Waals surface area contributed by atoms with E-state index in [4.69, 9.17) is 23.1 Å². The van der Waals surface area contributed by atoms with Gasteiger partial charge in [-0.2, -0.15) is 0 Å². The first-order chi connectivity index (χ1) is 10.0. The highest BCUT2D eigenvalue weighted by molar-refractivity contribution is 6.34. The van der Waals surface area contributed by atoms with Gasteiger partial charge in [-0.15, -0.1) is 0 Å². The maximum Gasteiger partial charge on any atom is 0.250 e. The molecule has 0 aliphatic heterocycles. The van der Waals surface area contributed by atoms with Crippen LogP contribution < -0.4 is 16.8 Å². The molecule has 2 rings (SSSR count). The van der Waals surface area contributed by atoms with Crippen LogP contribution in [0, 0.1) is 11.8 Å². The molecule has 0 saturated heterocycles. The first-order valence-electron chi connectivity index (χ1n) is 7.11. The number of nitrogens with one attached hydrogen (secondary N) is 1. The molecule has 0 atom stereocenters. The summed E-state index contributed by atoms with van der Waals surface area (Å²) in [4.78, 5) is 23.5. The number of carbonyl (C=O) groups is 2. The minimum atomic E-state index is -0.612. The summed E-state index contributed by atoms with van der Waals surface area (Å²) >= 11 is 5.88. The summed E-state index contributed by atoms with van der Waals surface area (Å²) in [5.41, 5.74) is 11.6. The molecule has 1 saturated carbocycles. The lowest BCUT2D eigenvalue weighted by Gasteiger charge is -2.26. The first kappa shape index (κ1) is 15.8. The van der Waals surface area contributed by atoms with Crippen molar-refractivity contribution in [3.8, 4) is 0 Å². The lowest BCUT2D eigenvalue weighted by atomic mass is 9.81. The lowest BCUT2D eigenvalue weighted by Crippen LogP contribution is -2.29. The SMILES string of the molecule is NCC1CCC(C(=O)Nc2ccc(Cl)c(C(N)=O)c2)CC1. The van der Waals surface area contributed by atoms with E-state index in [2.05, 4.69) is 5.32 Å². The summed E-state index contributed by atoms with van der Waals surface area (Å²) in [5, 5.41) is 3.11. The normalized spacial score (nSPS) is 21.8. The molecule has 0 spiro atoms. The molecule has 1 aliphatic rings. The van der Waals surface area contributed by atoms with Gasteiger partial charge in [0.25, 0.3) is 0 Å². The number of hydrogen-bond acceptors (Lipinski definition) is 3. The number of benzene rings is 1. The maximum atomic E-state index is 12.2. The van der Waals surface area contributed by atoms with Crippen LogP contribution in [0.25, 0.3) is 0 Å². The Hall–Kier alpha value is -1.59. The van der Waals surface area contributed by atoms with Crippen molar-refractivity contribution < 1.29 is 9.59 Å². The Morgan fingerprint density at radius 3 is 2.48 bits per heavy atom. The van der Waals surface area contributed by atoms with Gasteiger partial charge in [-0.1, -0.05) is 11.6 Å². The standard InChI is InChI=1S/C15H20ClN3O2/c16-13-6-5-11(7-12(13)14(18)20)19-15(21)10-3-1-9(8-17)2-4-10/h5-7,9-10H,1-4,8,17H2,(H2,18,20)(H,19,21). The van der Waals surface area contributed by atoms with Crippen LogP contribution >= 0.6 is 11.6 Å². The maximum absolute atomic E-state index is 12.2. The van der Waals surface area contributed by atoms with E-state index < -0.39 is 5.91 Å². The van der Waals surface area contributed by atoms with E-state index in [0.29, 0.717) is 18.2 Å². The van der Waals surface area contributed by atoms with E-state index in [-0.39, 0.29) is 22.4 Å². The van der Waals surface area contributed by atoms with Crippen LogP contribution in [0.15, 0.2) is 18.2 Å². The molecule has 114 valence electrons. The van der Waals surface area contributed by atoms with Crippen LogP contribution in [0.3, 0.4) is 0 Å². The first-order valence-corrected chi connectivity index (χ1v) is 7.49. The van der Waals surface area contributed by atoms with Crippen molar-refractivity contribution in [2.24, 2.45) is 23.3 Å². The molecule has 1 aliphatic carbocycles. The van der Waals surface area contributed by atoms with Crippen molar-refractivity contribution in [1.29, 1.82) is 0 Å². The summed E-state index contributed by atoms with van der Waals surface area (Å²) in [6.45, 7) is 0.688. The van der Waals surface area contributed by atoms with Crippen LogP contribution in [0.5, 0.6) is 0 Å². The van der Waals surface area contributed by atoms with E-state index in [0.717, 1.165) is 25.7 Å². The quantitative estimate of drug-likeness (QED) is 0.794.